The summed E-state index contributed by atoms with van der Waals surface area (Å²) in [5, 5.41) is 0.980. The molecular weight excluding hydrogens is 234 g/mol. The van der Waals surface area contributed by atoms with Crippen molar-refractivity contribution in [2.24, 2.45) is 0 Å². The molecule has 0 N–H and O–H groups in total. The second-order valence-corrected chi connectivity index (χ2v) is 5.13. The fourth-order valence-electron chi connectivity index (χ4n) is 2.13. The fourth-order valence-corrected chi connectivity index (χ4v) is 2.51. The first kappa shape index (κ1) is 12.4. The smallest absolute Gasteiger partial charge is 0.133 e. The highest BCUT2D eigenvalue weighted by Crippen LogP contribution is 2.24. The van der Waals surface area contributed by atoms with Crippen molar-refractivity contribution in [3.8, 4) is 0 Å². The molecule has 1 aromatic heterocycles. The number of carbonyl (C=O) groups is 1. The van der Waals surface area contributed by atoms with Crippen LogP contribution in [0, 0.1) is 0 Å². The number of ketones is 1. The van der Waals surface area contributed by atoms with Gasteiger partial charge in [-0.1, -0.05) is 0 Å². The summed E-state index contributed by atoms with van der Waals surface area (Å²) >= 11 is 1.62. The Bertz CT molecular complexity index is 400. The Morgan fingerprint density at radius 1 is 1.35 bits per heavy atom. The summed E-state index contributed by atoms with van der Waals surface area (Å²) in [6.45, 7) is 0. The first-order chi connectivity index (χ1) is 8.20. The molecule has 0 spiro atoms. The van der Waals surface area contributed by atoms with Crippen LogP contribution >= 0.6 is 11.8 Å². The summed E-state index contributed by atoms with van der Waals surface area (Å²) in [7, 11) is 2.05. The van der Waals surface area contributed by atoms with Crippen LogP contribution in [-0.2, 0) is 4.79 Å². The monoisotopic (exact) mass is 251 g/mol. The van der Waals surface area contributed by atoms with Crippen molar-refractivity contribution in [3.63, 3.8) is 0 Å². The quantitative estimate of drug-likeness (QED) is 0.608. The number of anilines is 1. The number of hydrogen-bond donors (Lipinski definition) is 0. The second kappa shape index (κ2) is 5.49. The molecule has 92 valence electrons. The predicted octanol–water partition coefficient (Wildman–Crippen LogP) is 2.15. The molecule has 0 aliphatic heterocycles. The van der Waals surface area contributed by atoms with Crippen molar-refractivity contribution in [2.75, 3.05) is 18.2 Å². The van der Waals surface area contributed by atoms with Crippen LogP contribution in [0.1, 0.15) is 25.7 Å². The van der Waals surface area contributed by atoms with Gasteiger partial charge < -0.3 is 4.90 Å². The lowest BCUT2D eigenvalue weighted by Crippen LogP contribution is -2.35. The number of thioether (sulfide) groups is 1. The lowest BCUT2D eigenvalue weighted by Gasteiger charge is -2.31. The Hall–Kier alpha value is -1.10. The number of carbonyl (C=O) groups excluding carboxylic acids is 1. The van der Waals surface area contributed by atoms with Gasteiger partial charge in [0.2, 0.25) is 0 Å². The van der Waals surface area contributed by atoms with E-state index < -0.39 is 0 Å². The molecule has 1 aromatic rings. The van der Waals surface area contributed by atoms with E-state index in [0.717, 1.165) is 23.7 Å². The van der Waals surface area contributed by atoms with E-state index in [9.17, 15) is 4.79 Å². The number of rotatable bonds is 3. The fraction of sp³-hybridized carbons (Fsp3) is 0.583. The Balaban J connectivity index is 2.07. The average molecular weight is 251 g/mol. The van der Waals surface area contributed by atoms with Gasteiger partial charge in [-0.3, -0.25) is 4.79 Å². The molecule has 1 aliphatic carbocycles. The van der Waals surface area contributed by atoms with Crippen LogP contribution in [0.2, 0.25) is 0 Å². The van der Waals surface area contributed by atoms with E-state index in [1.807, 2.05) is 19.4 Å². The highest BCUT2D eigenvalue weighted by molar-refractivity contribution is 7.98. The van der Waals surface area contributed by atoms with E-state index in [2.05, 4.69) is 14.9 Å². The molecule has 5 heteroatoms. The molecule has 17 heavy (non-hydrogen) atoms. The molecule has 0 radical (unpaired) electrons. The minimum atomic E-state index is 0.391. The molecule has 0 unspecified atom stereocenters. The van der Waals surface area contributed by atoms with E-state index in [-0.39, 0.29) is 0 Å². The Morgan fingerprint density at radius 2 is 2.06 bits per heavy atom. The van der Waals surface area contributed by atoms with Gasteiger partial charge >= 0.3 is 0 Å². The first-order valence-corrected chi connectivity index (χ1v) is 7.03. The third-order valence-electron chi connectivity index (χ3n) is 3.26. The molecular formula is C12H17N3OS. The third-order valence-corrected chi connectivity index (χ3v) is 3.90. The molecule has 4 nitrogen and oxygen atoms in total. The average Bonchev–Trinajstić information content (AvgIpc) is 2.39. The van der Waals surface area contributed by atoms with Gasteiger partial charge in [-0.05, 0) is 19.1 Å². The van der Waals surface area contributed by atoms with Gasteiger partial charge in [0.1, 0.15) is 23.0 Å². The van der Waals surface area contributed by atoms with E-state index in [1.54, 1.807) is 18.1 Å². The molecule has 0 amide bonds. The lowest BCUT2D eigenvalue weighted by atomic mass is 9.93. The maximum Gasteiger partial charge on any atom is 0.133 e. The third kappa shape index (κ3) is 2.97. The van der Waals surface area contributed by atoms with E-state index in [1.165, 1.54) is 0 Å². The summed E-state index contributed by atoms with van der Waals surface area (Å²) in [5.41, 5.74) is 0. The van der Waals surface area contributed by atoms with Gasteiger partial charge in [0, 0.05) is 32.0 Å². The molecule has 1 aliphatic rings. The number of aromatic nitrogens is 2. The SMILES string of the molecule is CSc1cc(N(C)C2CCC(=O)CC2)ncn1. The van der Waals surface area contributed by atoms with Crippen molar-refractivity contribution in [3.05, 3.63) is 12.4 Å². The minimum absolute atomic E-state index is 0.391. The van der Waals surface area contributed by atoms with Gasteiger partial charge in [0.25, 0.3) is 0 Å². The second-order valence-electron chi connectivity index (χ2n) is 4.30. The molecule has 0 saturated heterocycles. The lowest BCUT2D eigenvalue weighted by molar-refractivity contribution is -0.120. The van der Waals surface area contributed by atoms with Crippen molar-refractivity contribution in [2.45, 2.75) is 36.8 Å². The normalized spacial score (nSPS) is 17.2. The first-order valence-electron chi connectivity index (χ1n) is 5.81. The van der Waals surface area contributed by atoms with Crippen molar-refractivity contribution < 1.29 is 4.79 Å². The predicted molar refractivity (Wildman–Crippen MR) is 69.5 cm³/mol. The highest BCUT2D eigenvalue weighted by atomic mass is 32.2. The summed E-state index contributed by atoms with van der Waals surface area (Å²) in [5.74, 6) is 1.34. The number of nitrogens with zero attached hydrogens (tertiary/aromatic N) is 3. The summed E-state index contributed by atoms with van der Waals surface area (Å²) < 4.78 is 0. The Labute approximate surface area is 106 Å². The van der Waals surface area contributed by atoms with E-state index in [4.69, 9.17) is 0 Å². The topological polar surface area (TPSA) is 46.1 Å². The maximum atomic E-state index is 11.2. The Kier molecular flexibility index (Phi) is 3.99. The molecule has 0 atom stereocenters. The van der Waals surface area contributed by atoms with E-state index in [0.29, 0.717) is 24.7 Å². The molecule has 1 saturated carbocycles. The summed E-state index contributed by atoms with van der Waals surface area (Å²) in [4.78, 5) is 21.9. The van der Waals surface area contributed by atoms with Gasteiger partial charge in [-0.15, -0.1) is 11.8 Å². The number of Topliss-reactive ketones (excluding diaryl/α,β-unsaturated/α-hetero) is 1. The molecule has 2 rings (SSSR count). The Morgan fingerprint density at radius 3 is 2.71 bits per heavy atom. The van der Waals surface area contributed by atoms with Crippen LogP contribution < -0.4 is 4.90 Å². The maximum absolute atomic E-state index is 11.2. The zero-order valence-corrected chi connectivity index (χ0v) is 11.0. The molecule has 0 aromatic carbocycles. The van der Waals surface area contributed by atoms with Gasteiger partial charge in [-0.2, -0.15) is 0 Å². The standard InChI is InChI=1S/C12H17N3OS/c1-15(9-3-5-10(16)6-4-9)11-7-12(17-2)14-8-13-11/h7-9H,3-6H2,1-2H3. The van der Waals surface area contributed by atoms with Crippen LogP contribution in [0.15, 0.2) is 17.4 Å². The van der Waals surface area contributed by atoms with Gasteiger partial charge in [0.05, 0.1) is 0 Å². The molecule has 1 heterocycles. The van der Waals surface area contributed by atoms with Crippen molar-refractivity contribution >= 4 is 23.4 Å². The van der Waals surface area contributed by atoms with Crippen LogP contribution in [0.25, 0.3) is 0 Å². The zero-order chi connectivity index (χ0) is 12.3. The molecule has 1 fully saturated rings. The van der Waals surface area contributed by atoms with Crippen LogP contribution in [0.5, 0.6) is 0 Å². The van der Waals surface area contributed by atoms with E-state index >= 15 is 0 Å². The van der Waals surface area contributed by atoms with Crippen molar-refractivity contribution in [1.82, 2.24) is 9.97 Å². The number of hydrogen-bond acceptors (Lipinski definition) is 5. The van der Waals surface area contributed by atoms with Crippen molar-refractivity contribution in [1.29, 1.82) is 0 Å². The van der Waals surface area contributed by atoms with Crippen LogP contribution in [-0.4, -0.2) is 35.1 Å². The summed E-state index contributed by atoms with van der Waals surface area (Å²) in [6, 6.07) is 2.43. The van der Waals surface area contributed by atoms with Crippen LogP contribution in [0.4, 0.5) is 5.82 Å². The summed E-state index contributed by atoms with van der Waals surface area (Å²) in [6.07, 6.45) is 6.89. The highest BCUT2D eigenvalue weighted by Gasteiger charge is 2.23. The minimum Gasteiger partial charge on any atom is -0.357 e. The van der Waals surface area contributed by atoms with Gasteiger partial charge in [0.15, 0.2) is 0 Å². The van der Waals surface area contributed by atoms with Gasteiger partial charge in [-0.25, -0.2) is 9.97 Å². The largest absolute Gasteiger partial charge is 0.357 e. The zero-order valence-electron chi connectivity index (χ0n) is 10.2. The molecule has 0 bridgehead atoms. The van der Waals surface area contributed by atoms with Crippen LogP contribution in [0.3, 0.4) is 0 Å².